The standard InChI is InChI=1S/C14H13F3N2S/c1-3-12-18-11(7-13(20)19-12)10-5-4-9(6-8(10)2)14(15,16)17/h4-7H,3H2,1-2H3,(H,18,19,20). The van der Waals surface area contributed by atoms with Gasteiger partial charge in [-0.05, 0) is 30.7 Å². The third-order valence-electron chi connectivity index (χ3n) is 2.97. The Morgan fingerprint density at radius 1 is 1.25 bits per heavy atom. The van der Waals surface area contributed by atoms with Crippen molar-refractivity contribution in [2.24, 2.45) is 0 Å². The second-order valence-corrected chi connectivity index (χ2v) is 4.88. The van der Waals surface area contributed by atoms with Crippen molar-refractivity contribution in [3.8, 4) is 11.3 Å². The number of nitrogens with zero attached hydrogens (tertiary/aromatic N) is 1. The Labute approximate surface area is 119 Å². The van der Waals surface area contributed by atoms with Crippen LogP contribution in [0, 0.1) is 11.6 Å². The molecule has 0 saturated carbocycles. The maximum atomic E-state index is 12.7. The molecule has 1 aromatic heterocycles. The smallest absolute Gasteiger partial charge is 0.343 e. The molecule has 0 aliphatic heterocycles. The number of halogens is 3. The predicted molar refractivity (Wildman–Crippen MR) is 74.0 cm³/mol. The summed E-state index contributed by atoms with van der Waals surface area (Å²) in [6, 6.07) is 5.33. The summed E-state index contributed by atoms with van der Waals surface area (Å²) >= 11 is 5.07. The molecule has 0 unspecified atom stereocenters. The van der Waals surface area contributed by atoms with E-state index in [1.807, 2.05) is 6.92 Å². The molecular weight excluding hydrogens is 285 g/mol. The third-order valence-corrected chi connectivity index (χ3v) is 3.18. The van der Waals surface area contributed by atoms with Crippen molar-refractivity contribution >= 4 is 12.2 Å². The highest BCUT2D eigenvalue weighted by Crippen LogP contribution is 2.32. The second kappa shape index (κ2) is 5.36. The largest absolute Gasteiger partial charge is 0.416 e. The zero-order chi connectivity index (χ0) is 14.9. The van der Waals surface area contributed by atoms with Gasteiger partial charge in [0.2, 0.25) is 0 Å². The average Bonchev–Trinajstić information content (AvgIpc) is 2.36. The fourth-order valence-corrected chi connectivity index (χ4v) is 2.19. The summed E-state index contributed by atoms with van der Waals surface area (Å²) in [5, 5.41) is 0. The van der Waals surface area contributed by atoms with Crippen LogP contribution in [0.1, 0.15) is 23.9 Å². The maximum absolute atomic E-state index is 12.7. The highest BCUT2D eigenvalue weighted by molar-refractivity contribution is 7.71. The van der Waals surface area contributed by atoms with E-state index < -0.39 is 11.7 Å². The van der Waals surface area contributed by atoms with E-state index in [-0.39, 0.29) is 0 Å². The molecule has 0 aliphatic carbocycles. The van der Waals surface area contributed by atoms with Crippen molar-refractivity contribution < 1.29 is 13.2 Å². The summed E-state index contributed by atoms with van der Waals surface area (Å²) in [4.78, 5) is 7.23. The first-order valence-corrected chi connectivity index (χ1v) is 6.50. The molecule has 0 radical (unpaired) electrons. The van der Waals surface area contributed by atoms with Gasteiger partial charge in [-0.25, -0.2) is 4.98 Å². The monoisotopic (exact) mass is 298 g/mol. The van der Waals surface area contributed by atoms with Gasteiger partial charge in [0, 0.05) is 17.7 Å². The summed E-state index contributed by atoms with van der Waals surface area (Å²) in [6.07, 6.45) is -3.65. The lowest BCUT2D eigenvalue weighted by atomic mass is 10.0. The average molecular weight is 298 g/mol. The molecule has 0 fully saturated rings. The predicted octanol–water partition coefficient (Wildman–Crippen LogP) is 4.70. The van der Waals surface area contributed by atoms with Gasteiger partial charge in [0.15, 0.2) is 0 Å². The van der Waals surface area contributed by atoms with Gasteiger partial charge in [-0.15, -0.1) is 0 Å². The van der Waals surface area contributed by atoms with Crippen LogP contribution in [-0.4, -0.2) is 9.97 Å². The molecule has 2 rings (SSSR count). The third kappa shape index (κ3) is 3.07. The van der Waals surface area contributed by atoms with Crippen LogP contribution in [0.25, 0.3) is 11.3 Å². The first-order valence-electron chi connectivity index (χ1n) is 6.09. The highest BCUT2D eigenvalue weighted by atomic mass is 32.1. The summed E-state index contributed by atoms with van der Waals surface area (Å²) < 4.78 is 38.4. The molecule has 1 N–H and O–H groups in total. The second-order valence-electron chi connectivity index (χ2n) is 4.46. The van der Waals surface area contributed by atoms with Crippen molar-refractivity contribution in [1.82, 2.24) is 9.97 Å². The van der Waals surface area contributed by atoms with Crippen LogP contribution in [0.5, 0.6) is 0 Å². The minimum Gasteiger partial charge on any atom is -0.343 e. The van der Waals surface area contributed by atoms with E-state index in [9.17, 15) is 13.2 Å². The molecule has 106 valence electrons. The number of benzene rings is 1. The Morgan fingerprint density at radius 3 is 2.50 bits per heavy atom. The zero-order valence-corrected chi connectivity index (χ0v) is 11.8. The van der Waals surface area contributed by atoms with Gasteiger partial charge in [-0.3, -0.25) is 0 Å². The quantitative estimate of drug-likeness (QED) is 0.814. The Morgan fingerprint density at radius 2 is 1.95 bits per heavy atom. The molecule has 1 heterocycles. The van der Waals surface area contributed by atoms with Crippen molar-refractivity contribution in [2.75, 3.05) is 0 Å². The van der Waals surface area contributed by atoms with Gasteiger partial charge in [0.25, 0.3) is 0 Å². The number of aromatic amines is 1. The van der Waals surface area contributed by atoms with Gasteiger partial charge in [-0.1, -0.05) is 25.2 Å². The van der Waals surface area contributed by atoms with E-state index in [4.69, 9.17) is 12.2 Å². The van der Waals surface area contributed by atoms with Crippen molar-refractivity contribution in [1.29, 1.82) is 0 Å². The van der Waals surface area contributed by atoms with Crippen molar-refractivity contribution in [3.05, 3.63) is 45.9 Å². The normalized spacial score (nSPS) is 11.7. The minimum absolute atomic E-state index is 0.426. The number of hydrogen-bond donors (Lipinski definition) is 1. The first-order chi connectivity index (χ1) is 9.31. The number of H-pyrrole nitrogens is 1. The highest BCUT2D eigenvalue weighted by Gasteiger charge is 2.30. The molecule has 0 bridgehead atoms. The molecule has 0 saturated heterocycles. The summed E-state index contributed by atoms with van der Waals surface area (Å²) in [5.41, 5.74) is 1.27. The van der Waals surface area contributed by atoms with Crippen molar-refractivity contribution in [3.63, 3.8) is 0 Å². The van der Waals surface area contributed by atoms with Gasteiger partial charge < -0.3 is 4.98 Å². The van der Waals surface area contributed by atoms with Crippen LogP contribution in [0.2, 0.25) is 0 Å². The fraction of sp³-hybridized carbons (Fsp3) is 0.286. The fourth-order valence-electron chi connectivity index (χ4n) is 1.96. The minimum atomic E-state index is -4.33. The Kier molecular flexibility index (Phi) is 3.94. The molecule has 0 aliphatic rings. The van der Waals surface area contributed by atoms with Crippen LogP contribution in [0.15, 0.2) is 24.3 Å². The molecule has 2 nitrogen and oxygen atoms in total. The van der Waals surface area contributed by atoms with E-state index in [0.29, 0.717) is 33.7 Å². The lowest BCUT2D eigenvalue weighted by molar-refractivity contribution is -0.137. The Hall–Kier alpha value is -1.69. The molecule has 1 aromatic carbocycles. The lowest BCUT2D eigenvalue weighted by Gasteiger charge is -2.12. The molecule has 20 heavy (non-hydrogen) atoms. The topological polar surface area (TPSA) is 28.7 Å². The molecule has 2 aromatic rings. The van der Waals surface area contributed by atoms with Crippen LogP contribution < -0.4 is 0 Å². The number of nitrogens with one attached hydrogen (secondary N) is 1. The van der Waals surface area contributed by atoms with E-state index >= 15 is 0 Å². The number of aryl methyl sites for hydroxylation is 2. The molecule has 0 amide bonds. The van der Waals surface area contributed by atoms with Crippen LogP contribution in [0.3, 0.4) is 0 Å². The number of alkyl halides is 3. The van der Waals surface area contributed by atoms with Gasteiger partial charge >= 0.3 is 6.18 Å². The Balaban J connectivity index is 2.54. The number of aromatic nitrogens is 2. The molecular formula is C14H13F3N2S. The SMILES string of the molecule is CCc1nc(=S)cc(-c2ccc(C(F)(F)F)cc2C)[nH]1. The van der Waals surface area contributed by atoms with E-state index in [0.717, 1.165) is 12.1 Å². The maximum Gasteiger partial charge on any atom is 0.416 e. The van der Waals surface area contributed by atoms with Crippen molar-refractivity contribution in [2.45, 2.75) is 26.4 Å². The van der Waals surface area contributed by atoms with Gasteiger partial charge in [0.1, 0.15) is 10.5 Å². The van der Waals surface area contributed by atoms with E-state index in [1.54, 1.807) is 13.0 Å². The zero-order valence-electron chi connectivity index (χ0n) is 11.0. The van der Waals surface area contributed by atoms with Gasteiger partial charge in [0.05, 0.1) is 5.56 Å². The van der Waals surface area contributed by atoms with E-state index in [1.165, 1.54) is 6.07 Å². The van der Waals surface area contributed by atoms with E-state index in [2.05, 4.69) is 9.97 Å². The van der Waals surface area contributed by atoms with Crippen LogP contribution in [0.4, 0.5) is 13.2 Å². The van der Waals surface area contributed by atoms with Crippen LogP contribution in [-0.2, 0) is 12.6 Å². The summed E-state index contributed by atoms with van der Waals surface area (Å²) in [5.74, 6) is 0.715. The number of rotatable bonds is 2. The first kappa shape index (κ1) is 14.7. The summed E-state index contributed by atoms with van der Waals surface area (Å²) in [6.45, 7) is 3.57. The lowest BCUT2D eigenvalue weighted by Crippen LogP contribution is -2.05. The number of hydrogen-bond acceptors (Lipinski definition) is 2. The molecule has 0 atom stereocenters. The van der Waals surface area contributed by atoms with Crippen LogP contribution >= 0.6 is 12.2 Å². The summed E-state index contributed by atoms with van der Waals surface area (Å²) in [7, 11) is 0. The Bertz CT molecular complexity index is 690. The molecule has 0 spiro atoms. The molecule has 6 heteroatoms. The van der Waals surface area contributed by atoms with Gasteiger partial charge in [-0.2, -0.15) is 13.2 Å².